The largest absolute Gasteiger partial charge is 0.493 e. The molecular weight excluding hydrogens is 352 g/mol. The van der Waals surface area contributed by atoms with Gasteiger partial charge in [-0.2, -0.15) is 0 Å². The average Bonchev–Trinajstić information content (AvgIpc) is 2.96. The topological polar surface area (TPSA) is 75.7 Å². The third-order valence-electron chi connectivity index (χ3n) is 4.28. The van der Waals surface area contributed by atoms with Crippen LogP contribution < -0.4 is 14.4 Å². The number of nitrogens with zero attached hydrogens (tertiary/aromatic N) is 1. The highest BCUT2D eigenvalue weighted by molar-refractivity contribution is 7.93. The number of hydrogen-bond acceptors (Lipinski definition) is 4. The molecule has 0 spiro atoms. The second kappa shape index (κ2) is 7.37. The molecule has 2 aromatic rings. The minimum atomic E-state index is -3.22. The van der Waals surface area contributed by atoms with Crippen molar-refractivity contribution >= 4 is 27.3 Å². The van der Waals surface area contributed by atoms with Crippen molar-refractivity contribution in [3.63, 3.8) is 0 Å². The first kappa shape index (κ1) is 18.3. The van der Waals surface area contributed by atoms with E-state index in [1.165, 1.54) is 4.31 Å². The van der Waals surface area contributed by atoms with Crippen LogP contribution in [-0.4, -0.2) is 33.2 Å². The van der Waals surface area contributed by atoms with Crippen molar-refractivity contribution in [3.05, 3.63) is 53.6 Å². The molecule has 0 aliphatic carbocycles. The number of anilines is 2. The van der Waals surface area contributed by atoms with Crippen LogP contribution in [0.15, 0.2) is 42.5 Å². The Hall–Kier alpha value is -2.54. The van der Waals surface area contributed by atoms with Gasteiger partial charge in [0.05, 0.1) is 23.6 Å². The molecule has 6 nitrogen and oxygen atoms in total. The minimum Gasteiger partial charge on any atom is -0.493 e. The van der Waals surface area contributed by atoms with Crippen molar-refractivity contribution in [2.75, 3.05) is 28.5 Å². The number of nitrogens with one attached hydrogen (secondary N) is 1. The van der Waals surface area contributed by atoms with E-state index in [1.54, 1.807) is 36.4 Å². The Morgan fingerprint density at radius 1 is 1.23 bits per heavy atom. The van der Waals surface area contributed by atoms with Crippen molar-refractivity contribution in [1.82, 2.24) is 0 Å². The molecule has 0 aromatic heterocycles. The molecule has 7 heteroatoms. The third-order valence-corrected chi connectivity index (χ3v) is 6.15. The molecule has 1 aliphatic heterocycles. The fourth-order valence-electron chi connectivity index (χ4n) is 3.00. The Morgan fingerprint density at radius 3 is 2.65 bits per heavy atom. The van der Waals surface area contributed by atoms with Gasteiger partial charge in [-0.15, -0.1) is 0 Å². The van der Waals surface area contributed by atoms with Crippen LogP contribution in [0.5, 0.6) is 5.75 Å². The fraction of sp³-hybridized carbons (Fsp3) is 0.316. The Morgan fingerprint density at radius 2 is 2.00 bits per heavy atom. The van der Waals surface area contributed by atoms with Gasteiger partial charge in [-0.1, -0.05) is 12.1 Å². The van der Waals surface area contributed by atoms with Gasteiger partial charge in [0.2, 0.25) is 10.0 Å². The third kappa shape index (κ3) is 3.67. The Balaban J connectivity index is 1.82. The van der Waals surface area contributed by atoms with Gasteiger partial charge in [0.25, 0.3) is 5.91 Å². The number of rotatable bonds is 5. The number of ether oxygens (including phenoxy) is 1. The SMILES string of the molecule is CCOc1ccccc1C(=O)Nc1ccc(N2CCCS2(=O)=O)cc1C. The summed E-state index contributed by atoms with van der Waals surface area (Å²) in [7, 11) is -3.22. The van der Waals surface area contributed by atoms with E-state index in [1.807, 2.05) is 19.9 Å². The molecule has 0 atom stereocenters. The lowest BCUT2D eigenvalue weighted by molar-refractivity contribution is 0.102. The zero-order chi connectivity index (χ0) is 18.7. The first-order valence-corrected chi connectivity index (χ1v) is 10.2. The lowest BCUT2D eigenvalue weighted by Gasteiger charge is -2.19. The molecule has 26 heavy (non-hydrogen) atoms. The lowest BCUT2D eigenvalue weighted by atomic mass is 10.1. The molecule has 0 radical (unpaired) electrons. The molecule has 2 aromatic carbocycles. The number of benzene rings is 2. The lowest BCUT2D eigenvalue weighted by Crippen LogP contribution is -2.25. The number of hydrogen-bond donors (Lipinski definition) is 1. The van der Waals surface area contributed by atoms with Gasteiger partial charge in [0.15, 0.2) is 0 Å². The monoisotopic (exact) mass is 374 g/mol. The average molecular weight is 374 g/mol. The quantitative estimate of drug-likeness (QED) is 0.872. The highest BCUT2D eigenvalue weighted by Crippen LogP contribution is 2.28. The number of aryl methyl sites for hydroxylation is 1. The predicted octanol–water partition coefficient (Wildman–Crippen LogP) is 3.19. The normalized spacial score (nSPS) is 15.7. The van der Waals surface area contributed by atoms with Crippen LogP contribution in [0.1, 0.15) is 29.3 Å². The predicted molar refractivity (Wildman–Crippen MR) is 102 cm³/mol. The summed E-state index contributed by atoms with van der Waals surface area (Å²) in [6.45, 7) is 4.68. The molecule has 1 aliphatic rings. The van der Waals surface area contributed by atoms with Crippen LogP contribution >= 0.6 is 0 Å². The molecule has 0 bridgehead atoms. The van der Waals surface area contributed by atoms with Crippen LogP contribution in [0.3, 0.4) is 0 Å². The van der Waals surface area contributed by atoms with Crippen molar-refractivity contribution in [1.29, 1.82) is 0 Å². The minimum absolute atomic E-state index is 0.179. The van der Waals surface area contributed by atoms with E-state index in [2.05, 4.69) is 5.32 Å². The number of para-hydroxylation sites is 1. The molecule has 1 fully saturated rings. The van der Waals surface area contributed by atoms with Crippen molar-refractivity contribution < 1.29 is 17.9 Å². The summed E-state index contributed by atoms with van der Waals surface area (Å²) in [4.78, 5) is 12.6. The van der Waals surface area contributed by atoms with Crippen LogP contribution in [0.25, 0.3) is 0 Å². The van der Waals surface area contributed by atoms with Crippen LogP contribution in [-0.2, 0) is 10.0 Å². The number of carbonyl (C=O) groups is 1. The summed E-state index contributed by atoms with van der Waals surface area (Å²) >= 11 is 0. The Bertz CT molecular complexity index is 925. The van der Waals surface area contributed by atoms with Crippen molar-refractivity contribution in [3.8, 4) is 5.75 Å². The van der Waals surface area contributed by atoms with Gasteiger partial charge in [-0.3, -0.25) is 9.10 Å². The second-order valence-electron chi connectivity index (χ2n) is 6.12. The van der Waals surface area contributed by atoms with Crippen molar-refractivity contribution in [2.45, 2.75) is 20.3 Å². The summed E-state index contributed by atoms with van der Waals surface area (Å²) in [5.74, 6) is 0.447. The number of sulfonamides is 1. The van der Waals surface area contributed by atoms with Crippen LogP contribution in [0, 0.1) is 6.92 Å². The summed E-state index contributed by atoms with van der Waals surface area (Å²) in [5.41, 5.74) is 2.53. The zero-order valence-electron chi connectivity index (χ0n) is 14.9. The maximum atomic E-state index is 12.6. The van der Waals surface area contributed by atoms with Gasteiger partial charge in [0, 0.05) is 12.2 Å². The molecule has 3 rings (SSSR count). The van der Waals surface area contributed by atoms with Gasteiger partial charge in [-0.05, 0) is 56.2 Å². The van der Waals surface area contributed by atoms with Crippen LogP contribution in [0.4, 0.5) is 11.4 Å². The highest BCUT2D eigenvalue weighted by atomic mass is 32.2. The Kier molecular flexibility index (Phi) is 5.18. The van der Waals surface area contributed by atoms with Gasteiger partial charge in [0.1, 0.15) is 5.75 Å². The van der Waals surface area contributed by atoms with Gasteiger partial charge >= 0.3 is 0 Å². The van der Waals surface area contributed by atoms with E-state index in [0.717, 1.165) is 5.56 Å². The molecule has 1 N–H and O–H groups in total. The molecule has 1 amide bonds. The molecule has 138 valence electrons. The molecular formula is C19H22N2O4S. The molecule has 0 unspecified atom stereocenters. The summed E-state index contributed by atoms with van der Waals surface area (Å²) in [6, 6.07) is 12.3. The molecule has 0 saturated carbocycles. The van der Waals surface area contributed by atoms with Gasteiger partial charge in [-0.25, -0.2) is 8.42 Å². The van der Waals surface area contributed by atoms with E-state index < -0.39 is 10.0 Å². The highest BCUT2D eigenvalue weighted by Gasteiger charge is 2.28. The fourth-order valence-corrected chi connectivity index (χ4v) is 4.55. The number of amides is 1. The van der Waals surface area contributed by atoms with E-state index in [9.17, 15) is 13.2 Å². The van der Waals surface area contributed by atoms with Crippen molar-refractivity contribution in [2.24, 2.45) is 0 Å². The smallest absolute Gasteiger partial charge is 0.259 e. The first-order chi connectivity index (χ1) is 12.4. The first-order valence-electron chi connectivity index (χ1n) is 8.56. The zero-order valence-corrected chi connectivity index (χ0v) is 15.7. The standard InChI is InChI=1S/C19H22N2O4S/c1-3-25-18-8-5-4-7-16(18)19(22)20-17-10-9-15(13-14(17)2)21-11-6-12-26(21,23)24/h4-5,7-10,13H,3,6,11-12H2,1-2H3,(H,20,22). The summed E-state index contributed by atoms with van der Waals surface area (Å²) in [6.07, 6.45) is 0.633. The molecule has 1 heterocycles. The van der Waals surface area contributed by atoms with E-state index >= 15 is 0 Å². The Labute approximate surface area is 153 Å². The van der Waals surface area contributed by atoms with E-state index in [4.69, 9.17) is 4.74 Å². The second-order valence-corrected chi connectivity index (χ2v) is 8.14. The van der Waals surface area contributed by atoms with E-state index in [-0.39, 0.29) is 11.7 Å². The maximum Gasteiger partial charge on any atom is 0.259 e. The van der Waals surface area contributed by atoms with Gasteiger partial charge < -0.3 is 10.1 Å². The maximum absolute atomic E-state index is 12.6. The number of carbonyl (C=O) groups excluding carboxylic acids is 1. The molecule has 1 saturated heterocycles. The summed E-state index contributed by atoms with van der Waals surface area (Å²) in [5, 5.41) is 2.88. The van der Waals surface area contributed by atoms with Crippen LogP contribution in [0.2, 0.25) is 0 Å². The summed E-state index contributed by atoms with van der Waals surface area (Å²) < 4.78 is 31.1. The van der Waals surface area contributed by atoms with E-state index in [0.29, 0.717) is 42.3 Å².